The monoisotopic (exact) mass is 296 g/mol. The maximum Gasteiger partial charge on any atom is 0.243 e. The van der Waals surface area contributed by atoms with Gasteiger partial charge in [0.1, 0.15) is 0 Å². The quantitative estimate of drug-likeness (QED) is 0.938. The van der Waals surface area contributed by atoms with Gasteiger partial charge in [0.2, 0.25) is 5.95 Å². The molecule has 0 aromatic carbocycles. The lowest BCUT2D eigenvalue weighted by Gasteiger charge is -2.10. The Labute approximate surface area is 121 Å². The maximum absolute atomic E-state index is 5.94. The fourth-order valence-electron chi connectivity index (χ4n) is 2.56. The van der Waals surface area contributed by atoms with E-state index in [1.165, 1.54) is 25.0 Å². The Balaban J connectivity index is 1.68. The topological polar surface area (TPSA) is 42.2 Å². The van der Waals surface area contributed by atoms with Crippen LogP contribution in [0.1, 0.15) is 26.2 Å². The summed E-state index contributed by atoms with van der Waals surface area (Å²) in [7, 11) is 0. The largest absolute Gasteiger partial charge is 0.350 e. The molecule has 2 heterocycles. The zero-order valence-electron chi connectivity index (χ0n) is 10.8. The molecule has 3 rings (SSSR count). The van der Waals surface area contributed by atoms with Gasteiger partial charge in [0, 0.05) is 17.5 Å². The lowest BCUT2D eigenvalue weighted by molar-refractivity contribution is 0.744. The number of halogens is 1. The van der Waals surface area contributed by atoms with E-state index < -0.39 is 0 Å². The molecule has 0 aliphatic heterocycles. The van der Waals surface area contributed by atoms with Crippen molar-refractivity contribution in [1.82, 2.24) is 14.6 Å². The van der Waals surface area contributed by atoms with E-state index >= 15 is 0 Å². The van der Waals surface area contributed by atoms with Gasteiger partial charge in [-0.25, -0.2) is 4.52 Å². The lowest BCUT2D eigenvalue weighted by Crippen LogP contribution is -2.17. The first-order chi connectivity index (χ1) is 9.24. The van der Waals surface area contributed by atoms with Gasteiger partial charge in [-0.05, 0) is 37.1 Å². The van der Waals surface area contributed by atoms with Crippen LogP contribution in [0.4, 0.5) is 5.95 Å². The van der Waals surface area contributed by atoms with Gasteiger partial charge >= 0.3 is 0 Å². The summed E-state index contributed by atoms with van der Waals surface area (Å²) >= 11 is 8.00. The summed E-state index contributed by atoms with van der Waals surface area (Å²) in [5.74, 6) is 1.90. The Kier molecular flexibility index (Phi) is 3.84. The molecule has 2 atom stereocenters. The van der Waals surface area contributed by atoms with E-state index in [1.54, 1.807) is 10.7 Å². The van der Waals surface area contributed by atoms with Gasteiger partial charge in [0.25, 0.3) is 0 Å². The van der Waals surface area contributed by atoms with Crippen molar-refractivity contribution >= 4 is 35.0 Å². The molecule has 1 aliphatic carbocycles. The predicted octanol–water partition coefficient (Wildman–Crippen LogP) is 3.47. The maximum atomic E-state index is 5.94. The summed E-state index contributed by atoms with van der Waals surface area (Å²) in [6.45, 7) is 2.22. The first kappa shape index (κ1) is 13.1. The minimum atomic E-state index is 0.497. The molecule has 1 saturated carbocycles. The molecule has 0 saturated heterocycles. The first-order valence-corrected chi connectivity index (χ1v) is 8.07. The van der Waals surface area contributed by atoms with Crippen molar-refractivity contribution in [3.05, 3.63) is 23.4 Å². The lowest BCUT2D eigenvalue weighted by atomic mass is 10.2. The van der Waals surface area contributed by atoms with Crippen LogP contribution in [0.5, 0.6) is 0 Å². The van der Waals surface area contributed by atoms with Crippen LogP contribution in [0.15, 0.2) is 18.3 Å². The Morgan fingerprint density at radius 3 is 3.21 bits per heavy atom. The predicted molar refractivity (Wildman–Crippen MR) is 81.2 cm³/mol. The van der Waals surface area contributed by atoms with Crippen LogP contribution in [0.3, 0.4) is 0 Å². The second kappa shape index (κ2) is 5.59. The van der Waals surface area contributed by atoms with Crippen LogP contribution in [0, 0.1) is 0 Å². The second-order valence-corrected chi connectivity index (χ2v) is 6.83. The van der Waals surface area contributed by atoms with Crippen molar-refractivity contribution in [1.29, 1.82) is 0 Å². The van der Waals surface area contributed by atoms with Gasteiger partial charge < -0.3 is 5.32 Å². The van der Waals surface area contributed by atoms with Gasteiger partial charge in [0.15, 0.2) is 5.65 Å². The summed E-state index contributed by atoms with van der Waals surface area (Å²) in [4.78, 5) is 4.46. The summed E-state index contributed by atoms with van der Waals surface area (Å²) in [5.41, 5.74) is 0.824. The zero-order valence-corrected chi connectivity index (χ0v) is 12.4. The highest BCUT2D eigenvalue weighted by Gasteiger charge is 2.25. The summed E-state index contributed by atoms with van der Waals surface area (Å²) in [5, 5.41) is 9.31. The highest BCUT2D eigenvalue weighted by atomic mass is 35.5. The van der Waals surface area contributed by atoms with Gasteiger partial charge in [0.05, 0.1) is 5.02 Å². The van der Waals surface area contributed by atoms with Crippen molar-refractivity contribution < 1.29 is 0 Å². The molecule has 2 aromatic heterocycles. The SMILES string of the molecule is CCSC1CCC(Nc2nc3ccc(Cl)cn3n2)C1. The minimum Gasteiger partial charge on any atom is -0.350 e. The number of anilines is 1. The van der Waals surface area contributed by atoms with E-state index in [0.29, 0.717) is 17.0 Å². The van der Waals surface area contributed by atoms with Crippen LogP contribution in [0.2, 0.25) is 5.02 Å². The van der Waals surface area contributed by atoms with Crippen molar-refractivity contribution in [3.63, 3.8) is 0 Å². The number of hydrogen-bond acceptors (Lipinski definition) is 4. The number of nitrogens with zero attached hydrogens (tertiary/aromatic N) is 3. The van der Waals surface area contributed by atoms with E-state index in [2.05, 4.69) is 34.1 Å². The van der Waals surface area contributed by atoms with E-state index in [1.807, 2.05) is 12.1 Å². The number of pyridine rings is 1. The molecule has 19 heavy (non-hydrogen) atoms. The van der Waals surface area contributed by atoms with Gasteiger partial charge in [-0.2, -0.15) is 16.7 Å². The van der Waals surface area contributed by atoms with E-state index in [-0.39, 0.29) is 0 Å². The molecule has 6 heteroatoms. The Bertz CT molecular complexity index is 571. The van der Waals surface area contributed by atoms with Crippen LogP contribution < -0.4 is 5.32 Å². The third-order valence-electron chi connectivity index (χ3n) is 3.41. The fraction of sp³-hybridized carbons (Fsp3) is 0.538. The number of thioether (sulfide) groups is 1. The third-order valence-corrected chi connectivity index (χ3v) is 4.87. The Morgan fingerprint density at radius 1 is 1.47 bits per heavy atom. The van der Waals surface area contributed by atoms with Gasteiger partial charge in [-0.1, -0.05) is 18.5 Å². The van der Waals surface area contributed by atoms with E-state index in [0.717, 1.165) is 10.9 Å². The molecule has 102 valence electrons. The molecule has 1 N–H and O–H groups in total. The second-order valence-electron chi connectivity index (χ2n) is 4.82. The molecule has 4 nitrogen and oxygen atoms in total. The molecular weight excluding hydrogens is 280 g/mol. The van der Waals surface area contributed by atoms with Crippen molar-refractivity contribution in [2.24, 2.45) is 0 Å². The Hall–Kier alpha value is -0.940. The van der Waals surface area contributed by atoms with Crippen molar-refractivity contribution in [2.45, 2.75) is 37.5 Å². The molecule has 2 unspecified atom stereocenters. The highest BCUT2D eigenvalue weighted by Crippen LogP contribution is 2.31. The van der Waals surface area contributed by atoms with Crippen molar-refractivity contribution in [3.8, 4) is 0 Å². The summed E-state index contributed by atoms with van der Waals surface area (Å²) < 4.78 is 1.72. The molecular formula is C13H17ClN4S. The average molecular weight is 297 g/mol. The summed E-state index contributed by atoms with van der Waals surface area (Å²) in [6, 6.07) is 4.21. The van der Waals surface area contributed by atoms with E-state index in [4.69, 9.17) is 11.6 Å². The number of aromatic nitrogens is 3. The summed E-state index contributed by atoms with van der Waals surface area (Å²) in [6.07, 6.45) is 5.47. The standard InChI is InChI=1S/C13H17ClN4S/c1-2-19-11-5-4-10(7-11)15-13-16-12-6-3-9(14)8-18(12)17-13/h3,6,8,10-11H,2,4-5,7H2,1H3,(H,15,17). The van der Waals surface area contributed by atoms with Crippen LogP contribution in [-0.2, 0) is 0 Å². The number of fused-ring (bicyclic) bond motifs is 1. The molecule has 1 fully saturated rings. The molecule has 0 amide bonds. The number of nitrogens with one attached hydrogen (secondary N) is 1. The van der Waals surface area contributed by atoms with Gasteiger partial charge in [-0.15, -0.1) is 5.10 Å². The Morgan fingerprint density at radius 2 is 2.37 bits per heavy atom. The van der Waals surface area contributed by atoms with Crippen LogP contribution in [0.25, 0.3) is 5.65 Å². The molecule has 1 aliphatic rings. The minimum absolute atomic E-state index is 0.497. The number of hydrogen-bond donors (Lipinski definition) is 1. The van der Waals surface area contributed by atoms with Crippen LogP contribution in [-0.4, -0.2) is 31.6 Å². The van der Waals surface area contributed by atoms with Crippen LogP contribution >= 0.6 is 23.4 Å². The molecule has 0 bridgehead atoms. The van der Waals surface area contributed by atoms with Crippen molar-refractivity contribution in [2.75, 3.05) is 11.1 Å². The average Bonchev–Trinajstić information content (AvgIpc) is 2.96. The highest BCUT2D eigenvalue weighted by molar-refractivity contribution is 7.99. The molecule has 0 spiro atoms. The first-order valence-electron chi connectivity index (χ1n) is 6.64. The van der Waals surface area contributed by atoms with Gasteiger partial charge in [-0.3, -0.25) is 0 Å². The third kappa shape index (κ3) is 2.98. The number of rotatable bonds is 4. The van der Waals surface area contributed by atoms with E-state index in [9.17, 15) is 0 Å². The normalized spacial score (nSPS) is 23.1. The smallest absolute Gasteiger partial charge is 0.243 e. The molecule has 2 aromatic rings. The fourth-order valence-corrected chi connectivity index (χ4v) is 3.86. The molecule has 0 radical (unpaired) electrons. The zero-order chi connectivity index (χ0) is 13.2.